The van der Waals surface area contributed by atoms with Crippen LogP contribution in [0.2, 0.25) is 0 Å². The fraction of sp³-hybridized carbons (Fsp3) is 0.286. The number of amides is 1. The van der Waals surface area contributed by atoms with Crippen LogP contribution in [0.1, 0.15) is 53.1 Å². The average Bonchev–Trinajstić information content (AvgIpc) is 3.19. The van der Waals surface area contributed by atoms with E-state index in [1.54, 1.807) is 0 Å². The SMILES string of the molecule is CCC(c1nc2cc(Br)ccc2n1Cc1ccccc1)N(CCCN)C(=O)c1ccc(C)cc1. The van der Waals surface area contributed by atoms with Gasteiger partial charge in [0.05, 0.1) is 17.1 Å². The monoisotopic (exact) mass is 518 g/mol. The maximum atomic E-state index is 13.7. The summed E-state index contributed by atoms with van der Waals surface area (Å²) in [6.07, 6.45) is 1.49. The molecule has 1 heterocycles. The van der Waals surface area contributed by atoms with E-state index in [-0.39, 0.29) is 11.9 Å². The van der Waals surface area contributed by atoms with Crippen molar-refractivity contribution in [2.45, 2.75) is 39.3 Å². The van der Waals surface area contributed by atoms with Gasteiger partial charge in [-0.25, -0.2) is 4.98 Å². The van der Waals surface area contributed by atoms with Crippen LogP contribution in [0.5, 0.6) is 0 Å². The van der Waals surface area contributed by atoms with E-state index in [2.05, 4.69) is 57.8 Å². The Kier molecular flexibility index (Phi) is 7.80. The van der Waals surface area contributed by atoms with Crippen LogP contribution in [-0.4, -0.2) is 33.4 Å². The third kappa shape index (κ3) is 5.24. The van der Waals surface area contributed by atoms with Gasteiger partial charge < -0.3 is 15.2 Å². The Morgan fingerprint density at radius 3 is 2.50 bits per heavy atom. The fourth-order valence-corrected chi connectivity index (χ4v) is 4.72. The van der Waals surface area contributed by atoms with Crippen molar-refractivity contribution < 1.29 is 4.79 Å². The molecule has 4 rings (SSSR count). The van der Waals surface area contributed by atoms with Gasteiger partial charge in [-0.05, 0) is 62.2 Å². The molecule has 0 aliphatic heterocycles. The summed E-state index contributed by atoms with van der Waals surface area (Å²) in [5.74, 6) is 0.914. The Balaban J connectivity index is 1.81. The number of benzene rings is 3. The molecule has 0 spiro atoms. The number of aromatic nitrogens is 2. The number of aryl methyl sites for hydroxylation is 1. The van der Waals surface area contributed by atoms with Gasteiger partial charge in [-0.1, -0.05) is 70.9 Å². The Bertz CT molecular complexity index is 1250. The van der Waals surface area contributed by atoms with Crippen LogP contribution in [0.3, 0.4) is 0 Å². The Morgan fingerprint density at radius 1 is 1.09 bits per heavy atom. The third-order valence-electron chi connectivity index (χ3n) is 6.15. The number of halogens is 1. The van der Waals surface area contributed by atoms with Crippen molar-refractivity contribution in [1.82, 2.24) is 14.5 Å². The second-order valence-corrected chi connectivity index (χ2v) is 9.52. The molecule has 3 aromatic carbocycles. The second-order valence-electron chi connectivity index (χ2n) is 8.61. The molecule has 1 unspecified atom stereocenters. The molecule has 1 atom stereocenters. The van der Waals surface area contributed by atoms with Crippen LogP contribution >= 0.6 is 15.9 Å². The van der Waals surface area contributed by atoms with Gasteiger partial charge in [-0.2, -0.15) is 0 Å². The number of imidazole rings is 1. The minimum atomic E-state index is -0.171. The molecule has 2 N–H and O–H groups in total. The zero-order valence-corrected chi connectivity index (χ0v) is 21.3. The van der Waals surface area contributed by atoms with Gasteiger partial charge in [0.25, 0.3) is 5.91 Å². The summed E-state index contributed by atoms with van der Waals surface area (Å²) in [6, 6.07) is 24.2. The summed E-state index contributed by atoms with van der Waals surface area (Å²) >= 11 is 3.58. The fourth-order valence-electron chi connectivity index (χ4n) is 4.37. The first-order valence-corrected chi connectivity index (χ1v) is 12.6. The molecule has 176 valence electrons. The van der Waals surface area contributed by atoms with E-state index in [4.69, 9.17) is 10.7 Å². The zero-order valence-electron chi connectivity index (χ0n) is 19.7. The van der Waals surface area contributed by atoms with Crippen molar-refractivity contribution in [3.8, 4) is 0 Å². The van der Waals surface area contributed by atoms with E-state index in [1.165, 1.54) is 5.56 Å². The quantitative estimate of drug-likeness (QED) is 0.291. The number of carbonyl (C=O) groups excluding carboxylic acids is 1. The first kappa shape index (κ1) is 24.2. The normalized spacial score (nSPS) is 12.1. The lowest BCUT2D eigenvalue weighted by atomic mass is 10.1. The lowest BCUT2D eigenvalue weighted by Crippen LogP contribution is -2.37. The number of carbonyl (C=O) groups is 1. The van der Waals surface area contributed by atoms with Crippen molar-refractivity contribution in [2.75, 3.05) is 13.1 Å². The molecule has 0 aliphatic carbocycles. The Labute approximate surface area is 209 Å². The van der Waals surface area contributed by atoms with E-state index < -0.39 is 0 Å². The summed E-state index contributed by atoms with van der Waals surface area (Å²) in [5, 5.41) is 0. The molecule has 1 aromatic heterocycles. The number of hydrogen-bond donors (Lipinski definition) is 1. The van der Waals surface area contributed by atoms with E-state index in [1.807, 2.05) is 54.3 Å². The van der Waals surface area contributed by atoms with Gasteiger partial charge in [-0.15, -0.1) is 0 Å². The van der Waals surface area contributed by atoms with E-state index >= 15 is 0 Å². The van der Waals surface area contributed by atoms with Crippen LogP contribution in [-0.2, 0) is 6.54 Å². The molecular formula is C28H31BrN4O. The molecular weight excluding hydrogens is 488 g/mol. The highest BCUT2D eigenvalue weighted by Crippen LogP contribution is 2.31. The van der Waals surface area contributed by atoms with Gasteiger partial charge in [0.1, 0.15) is 5.82 Å². The summed E-state index contributed by atoms with van der Waals surface area (Å²) in [4.78, 5) is 20.7. The minimum absolute atomic E-state index is 0.0137. The van der Waals surface area contributed by atoms with Crippen LogP contribution < -0.4 is 5.73 Å². The molecule has 6 heteroatoms. The van der Waals surface area contributed by atoms with Gasteiger partial charge in [-0.3, -0.25) is 4.79 Å². The summed E-state index contributed by atoms with van der Waals surface area (Å²) in [6.45, 7) is 5.94. The highest BCUT2D eigenvalue weighted by atomic mass is 79.9. The van der Waals surface area contributed by atoms with Crippen LogP contribution in [0.4, 0.5) is 0 Å². The smallest absolute Gasteiger partial charge is 0.254 e. The first-order valence-electron chi connectivity index (χ1n) is 11.8. The predicted octanol–water partition coefficient (Wildman–Crippen LogP) is 6.10. The average molecular weight is 519 g/mol. The summed E-state index contributed by atoms with van der Waals surface area (Å²) < 4.78 is 3.24. The van der Waals surface area contributed by atoms with Crippen molar-refractivity contribution in [3.05, 3.63) is 99.8 Å². The summed E-state index contributed by atoms with van der Waals surface area (Å²) in [5.41, 5.74) is 10.9. The van der Waals surface area contributed by atoms with Crippen molar-refractivity contribution in [1.29, 1.82) is 0 Å². The van der Waals surface area contributed by atoms with Gasteiger partial charge >= 0.3 is 0 Å². The number of nitrogens with two attached hydrogens (primary N) is 1. The van der Waals surface area contributed by atoms with E-state index in [9.17, 15) is 4.79 Å². The molecule has 0 bridgehead atoms. The number of nitrogens with zero attached hydrogens (tertiary/aromatic N) is 3. The molecule has 34 heavy (non-hydrogen) atoms. The summed E-state index contributed by atoms with van der Waals surface area (Å²) in [7, 11) is 0. The topological polar surface area (TPSA) is 64.2 Å². The highest BCUT2D eigenvalue weighted by molar-refractivity contribution is 9.10. The van der Waals surface area contributed by atoms with Crippen LogP contribution in [0.15, 0.2) is 77.3 Å². The standard InChI is InChI=1S/C28H31BrN4O/c1-3-25(32(17-7-16-30)28(34)22-12-10-20(2)11-13-22)27-31-24-18-23(29)14-15-26(24)33(27)19-21-8-5-4-6-9-21/h4-6,8-15,18,25H,3,7,16-17,19,30H2,1-2H3. The largest absolute Gasteiger partial charge is 0.330 e. The van der Waals surface area contributed by atoms with Gasteiger partial charge in [0, 0.05) is 23.1 Å². The van der Waals surface area contributed by atoms with Crippen LogP contribution in [0.25, 0.3) is 11.0 Å². The van der Waals surface area contributed by atoms with E-state index in [0.29, 0.717) is 25.2 Å². The zero-order chi connectivity index (χ0) is 24.1. The maximum absolute atomic E-state index is 13.7. The lowest BCUT2D eigenvalue weighted by molar-refractivity contribution is 0.0657. The second kappa shape index (κ2) is 11.0. The van der Waals surface area contributed by atoms with Gasteiger partial charge in [0.15, 0.2) is 0 Å². The third-order valence-corrected chi connectivity index (χ3v) is 6.64. The Hall–Kier alpha value is -2.96. The molecule has 1 amide bonds. The molecule has 0 saturated carbocycles. The van der Waals surface area contributed by atoms with Crippen molar-refractivity contribution in [3.63, 3.8) is 0 Å². The molecule has 4 aromatic rings. The number of hydrogen-bond acceptors (Lipinski definition) is 3. The highest BCUT2D eigenvalue weighted by Gasteiger charge is 2.29. The Morgan fingerprint density at radius 2 is 1.82 bits per heavy atom. The number of rotatable bonds is 9. The first-order chi connectivity index (χ1) is 16.5. The molecule has 0 saturated heterocycles. The predicted molar refractivity (Wildman–Crippen MR) is 142 cm³/mol. The van der Waals surface area contributed by atoms with Crippen LogP contribution in [0, 0.1) is 6.92 Å². The van der Waals surface area contributed by atoms with Gasteiger partial charge in [0.2, 0.25) is 0 Å². The van der Waals surface area contributed by atoms with Crippen molar-refractivity contribution in [2.24, 2.45) is 5.73 Å². The number of fused-ring (bicyclic) bond motifs is 1. The lowest BCUT2D eigenvalue weighted by Gasteiger charge is -2.31. The molecule has 5 nitrogen and oxygen atoms in total. The minimum Gasteiger partial charge on any atom is -0.330 e. The molecule has 0 radical (unpaired) electrons. The molecule has 0 fully saturated rings. The molecule has 0 aliphatic rings. The van der Waals surface area contributed by atoms with E-state index in [0.717, 1.165) is 39.7 Å². The maximum Gasteiger partial charge on any atom is 0.254 e. The van der Waals surface area contributed by atoms with Crippen molar-refractivity contribution >= 4 is 32.9 Å².